The summed E-state index contributed by atoms with van der Waals surface area (Å²) in [5.74, 6) is -0.277. The Kier molecular flexibility index (Phi) is 3.39. The van der Waals surface area contributed by atoms with Crippen molar-refractivity contribution in [2.45, 2.75) is 18.4 Å². The van der Waals surface area contributed by atoms with Gasteiger partial charge in [-0.05, 0) is 12.5 Å². The minimum atomic E-state index is -3.61. The first-order valence-electron chi connectivity index (χ1n) is 4.62. The lowest BCUT2D eigenvalue weighted by Crippen LogP contribution is -2.29. The summed E-state index contributed by atoms with van der Waals surface area (Å²) in [7, 11) is -3.61. The molecule has 1 heterocycles. The molecule has 0 aliphatic rings. The third-order valence-corrected chi connectivity index (χ3v) is 3.38. The van der Waals surface area contributed by atoms with E-state index in [0.29, 0.717) is 0 Å². The number of aromatic nitrogens is 1. The first kappa shape index (κ1) is 12.7. The number of hydrogen-bond donors (Lipinski definition) is 2. The molecular formula is C9H14N2O4S. The Morgan fingerprint density at radius 2 is 2.06 bits per heavy atom. The Morgan fingerprint density at radius 3 is 2.50 bits per heavy atom. The van der Waals surface area contributed by atoms with Gasteiger partial charge >= 0.3 is 0 Å². The van der Waals surface area contributed by atoms with Crippen LogP contribution in [-0.4, -0.2) is 30.9 Å². The quantitative estimate of drug-likeness (QED) is 0.728. The fourth-order valence-corrected chi connectivity index (χ4v) is 2.60. The minimum Gasteiger partial charge on any atom is -0.494 e. The summed E-state index contributed by atoms with van der Waals surface area (Å²) >= 11 is 0. The fraction of sp³-hybridized carbons (Fsp3) is 0.444. The van der Waals surface area contributed by atoms with Gasteiger partial charge in [-0.25, -0.2) is 8.42 Å². The Morgan fingerprint density at radius 1 is 1.50 bits per heavy atom. The van der Waals surface area contributed by atoms with Crippen LogP contribution in [-0.2, 0) is 16.4 Å². The smallest absolute Gasteiger partial charge is 0.272 e. The molecule has 1 aromatic heterocycles. The highest BCUT2D eigenvalue weighted by Crippen LogP contribution is 2.15. The van der Waals surface area contributed by atoms with Crippen LogP contribution < -0.4 is 11.3 Å². The van der Waals surface area contributed by atoms with Gasteiger partial charge in [0, 0.05) is 25.4 Å². The van der Waals surface area contributed by atoms with Crippen LogP contribution >= 0.6 is 0 Å². The molecule has 90 valence electrons. The first-order chi connectivity index (χ1) is 7.29. The molecule has 0 amide bonds. The van der Waals surface area contributed by atoms with E-state index in [4.69, 9.17) is 5.73 Å². The highest BCUT2D eigenvalue weighted by molar-refractivity contribution is 7.90. The average Bonchev–Trinajstić information content (AvgIpc) is 2.09. The maximum atomic E-state index is 11.8. The lowest BCUT2D eigenvalue weighted by Gasteiger charge is -2.10. The van der Waals surface area contributed by atoms with Crippen LogP contribution in [0, 0.1) is 6.92 Å². The zero-order valence-corrected chi connectivity index (χ0v) is 9.91. The molecule has 0 aliphatic heterocycles. The molecule has 0 saturated heterocycles. The first-order valence-corrected chi connectivity index (χ1v) is 6.51. The summed E-state index contributed by atoms with van der Waals surface area (Å²) in [5.41, 5.74) is 4.78. The van der Waals surface area contributed by atoms with E-state index >= 15 is 0 Å². The summed E-state index contributed by atoms with van der Waals surface area (Å²) in [6, 6.07) is 1.24. The second-order valence-corrected chi connectivity index (χ2v) is 5.48. The number of sulfone groups is 1. The third kappa shape index (κ3) is 2.25. The third-order valence-electron chi connectivity index (χ3n) is 2.14. The molecule has 1 aromatic rings. The van der Waals surface area contributed by atoms with Crippen molar-refractivity contribution in [1.82, 2.24) is 4.57 Å². The molecule has 1 rings (SSSR count). The molecule has 0 atom stereocenters. The highest BCUT2D eigenvalue weighted by Gasteiger charge is 2.19. The van der Waals surface area contributed by atoms with Gasteiger partial charge in [-0.2, -0.15) is 0 Å². The molecule has 3 N–H and O–H groups in total. The molecule has 0 fully saturated rings. The molecule has 0 aromatic carbocycles. The lowest BCUT2D eigenvalue weighted by atomic mass is 10.3. The lowest BCUT2D eigenvalue weighted by molar-refractivity contribution is 0.404. The van der Waals surface area contributed by atoms with Crippen LogP contribution in [0.4, 0.5) is 0 Å². The minimum absolute atomic E-state index is 0.0769. The van der Waals surface area contributed by atoms with Crippen LogP contribution in [0.25, 0.3) is 0 Å². The van der Waals surface area contributed by atoms with Gasteiger partial charge < -0.3 is 10.8 Å². The Hall–Kier alpha value is -1.34. The second kappa shape index (κ2) is 4.26. The van der Waals surface area contributed by atoms with Gasteiger partial charge in [0.1, 0.15) is 4.90 Å². The second-order valence-electron chi connectivity index (χ2n) is 3.53. The van der Waals surface area contributed by atoms with E-state index in [1.807, 2.05) is 0 Å². The Bertz CT molecular complexity index is 560. The number of nitrogens with two attached hydrogens (primary N) is 1. The van der Waals surface area contributed by atoms with E-state index in [-0.39, 0.29) is 29.4 Å². The predicted octanol–water partition coefficient (Wildman–Crippen LogP) is -0.775. The van der Waals surface area contributed by atoms with Gasteiger partial charge in [0.15, 0.2) is 15.7 Å². The van der Waals surface area contributed by atoms with Gasteiger partial charge in [0.05, 0.1) is 0 Å². The molecule has 0 unspecified atom stereocenters. The van der Waals surface area contributed by atoms with Crippen LogP contribution in [0.3, 0.4) is 0 Å². The van der Waals surface area contributed by atoms with Gasteiger partial charge in [-0.1, -0.05) is 0 Å². The summed E-state index contributed by atoms with van der Waals surface area (Å²) in [4.78, 5) is 11.5. The van der Waals surface area contributed by atoms with E-state index in [0.717, 1.165) is 10.8 Å². The van der Waals surface area contributed by atoms with Crippen molar-refractivity contribution in [3.63, 3.8) is 0 Å². The van der Waals surface area contributed by atoms with Crippen molar-refractivity contribution in [2.24, 2.45) is 5.73 Å². The topological polar surface area (TPSA) is 102 Å². The van der Waals surface area contributed by atoms with Crippen LogP contribution in [0.1, 0.15) is 5.56 Å². The van der Waals surface area contributed by atoms with E-state index in [1.165, 1.54) is 13.0 Å². The van der Waals surface area contributed by atoms with Crippen molar-refractivity contribution in [3.05, 3.63) is 22.0 Å². The zero-order chi connectivity index (χ0) is 12.5. The SMILES string of the molecule is Cc1cc(O)n(CCN)c(=O)c1S(C)(=O)=O. The molecule has 0 radical (unpaired) electrons. The summed E-state index contributed by atoms with van der Waals surface area (Å²) in [6.07, 6.45) is 0.959. The number of aromatic hydroxyl groups is 1. The monoisotopic (exact) mass is 246 g/mol. The average molecular weight is 246 g/mol. The van der Waals surface area contributed by atoms with Crippen LogP contribution in [0.15, 0.2) is 15.8 Å². The maximum Gasteiger partial charge on any atom is 0.272 e. The van der Waals surface area contributed by atoms with E-state index in [9.17, 15) is 18.3 Å². The molecule has 0 aliphatic carbocycles. The van der Waals surface area contributed by atoms with E-state index in [2.05, 4.69) is 0 Å². The standard InChI is InChI=1S/C9H14N2O4S/c1-6-5-7(12)11(4-3-10)9(13)8(6)16(2,14)15/h5,12H,3-4,10H2,1-2H3. The number of hydrogen-bond acceptors (Lipinski definition) is 5. The Balaban J connectivity index is 3.66. The van der Waals surface area contributed by atoms with Gasteiger partial charge in [-0.3, -0.25) is 9.36 Å². The van der Waals surface area contributed by atoms with Gasteiger partial charge in [-0.15, -0.1) is 0 Å². The number of aryl methyl sites for hydroxylation is 1. The number of rotatable bonds is 3. The number of nitrogens with zero attached hydrogens (tertiary/aromatic N) is 1. The van der Waals surface area contributed by atoms with Crippen molar-refractivity contribution in [3.8, 4) is 5.88 Å². The number of pyridine rings is 1. The fourth-order valence-electron chi connectivity index (χ4n) is 1.53. The van der Waals surface area contributed by atoms with E-state index in [1.54, 1.807) is 0 Å². The molecule has 0 bridgehead atoms. The Labute approximate surface area is 93.2 Å². The van der Waals surface area contributed by atoms with Crippen molar-refractivity contribution >= 4 is 9.84 Å². The summed E-state index contributed by atoms with van der Waals surface area (Å²) in [5, 5.41) is 9.51. The summed E-state index contributed by atoms with van der Waals surface area (Å²) < 4.78 is 23.8. The van der Waals surface area contributed by atoms with Crippen molar-refractivity contribution < 1.29 is 13.5 Å². The molecule has 7 heteroatoms. The highest BCUT2D eigenvalue weighted by atomic mass is 32.2. The van der Waals surface area contributed by atoms with Crippen LogP contribution in [0.2, 0.25) is 0 Å². The molecule has 0 spiro atoms. The van der Waals surface area contributed by atoms with Gasteiger partial charge in [0.2, 0.25) is 0 Å². The zero-order valence-electron chi connectivity index (χ0n) is 9.10. The predicted molar refractivity (Wildman–Crippen MR) is 59.3 cm³/mol. The van der Waals surface area contributed by atoms with Gasteiger partial charge in [0.25, 0.3) is 5.56 Å². The summed E-state index contributed by atoms with van der Waals surface area (Å²) in [6.45, 7) is 1.68. The molecule has 6 nitrogen and oxygen atoms in total. The van der Waals surface area contributed by atoms with E-state index < -0.39 is 15.4 Å². The molecule has 16 heavy (non-hydrogen) atoms. The normalized spacial score (nSPS) is 11.7. The molecular weight excluding hydrogens is 232 g/mol. The van der Waals surface area contributed by atoms with Crippen molar-refractivity contribution in [2.75, 3.05) is 12.8 Å². The maximum absolute atomic E-state index is 11.8. The molecule has 0 saturated carbocycles. The van der Waals surface area contributed by atoms with Crippen molar-refractivity contribution in [1.29, 1.82) is 0 Å². The van der Waals surface area contributed by atoms with Crippen LogP contribution in [0.5, 0.6) is 5.88 Å². The largest absolute Gasteiger partial charge is 0.494 e.